The molecule has 0 radical (unpaired) electrons. The van der Waals surface area contributed by atoms with Gasteiger partial charge < -0.3 is 5.32 Å². The summed E-state index contributed by atoms with van der Waals surface area (Å²) in [7, 11) is 0. The summed E-state index contributed by atoms with van der Waals surface area (Å²) in [6.07, 6.45) is 1.55. The van der Waals surface area contributed by atoms with Gasteiger partial charge in [0, 0.05) is 22.3 Å². The molecule has 1 aromatic carbocycles. The lowest BCUT2D eigenvalue weighted by molar-refractivity contribution is 0.102. The first-order chi connectivity index (χ1) is 10.1. The molecule has 1 amide bonds. The molecule has 21 heavy (non-hydrogen) atoms. The number of rotatable bonds is 2. The first-order valence-electron chi connectivity index (χ1n) is 6.43. The van der Waals surface area contributed by atoms with Gasteiger partial charge in [0.05, 0.1) is 11.1 Å². The van der Waals surface area contributed by atoms with Crippen LogP contribution in [0.15, 0.2) is 48.7 Å². The SMILES string of the molecule is Cc1cc(C(=O)Nc2cc(Cl)ccn2)c2ccccc2n1. The number of hydrogen-bond acceptors (Lipinski definition) is 3. The number of anilines is 1. The van der Waals surface area contributed by atoms with Crippen molar-refractivity contribution in [2.24, 2.45) is 0 Å². The highest BCUT2D eigenvalue weighted by Gasteiger charge is 2.12. The van der Waals surface area contributed by atoms with Crippen molar-refractivity contribution in [3.63, 3.8) is 0 Å². The zero-order valence-corrected chi connectivity index (χ0v) is 12.1. The minimum Gasteiger partial charge on any atom is -0.307 e. The van der Waals surface area contributed by atoms with E-state index in [9.17, 15) is 4.79 Å². The van der Waals surface area contributed by atoms with Gasteiger partial charge in [0.2, 0.25) is 0 Å². The number of carbonyl (C=O) groups is 1. The maximum absolute atomic E-state index is 12.5. The van der Waals surface area contributed by atoms with Crippen LogP contribution in [0.4, 0.5) is 5.82 Å². The molecule has 0 saturated heterocycles. The molecule has 0 aliphatic carbocycles. The second-order valence-electron chi connectivity index (χ2n) is 4.64. The van der Waals surface area contributed by atoms with Gasteiger partial charge in [0.25, 0.3) is 5.91 Å². The summed E-state index contributed by atoms with van der Waals surface area (Å²) in [6, 6.07) is 12.6. The molecule has 5 heteroatoms. The number of aromatic nitrogens is 2. The predicted molar refractivity (Wildman–Crippen MR) is 83.7 cm³/mol. The molecule has 0 saturated carbocycles. The Morgan fingerprint density at radius 2 is 2.00 bits per heavy atom. The van der Waals surface area contributed by atoms with E-state index >= 15 is 0 Å². The largest absolute Gasteiger partial charge is 0.307 e. The van der Waals surface area contributed by atoms with Crippen LogP contribution in [0.25, 0.3) is 10.9 Å². The molecule has 0 unspecified atom stereocenters. The number of hydrogen-bond donors (Lipinski definition) is 1. The van der Waals surface area contributed by atoms with Gasteiger partial charge in [-0.15, -0.1) is 0 Å². The van der Waals surface area contributed by atoms with E-state index in [0.717, 1.165) is 16.6 Å². The Balaban J connectivity index is 2.02. The summed E-state index contributed by atoms with van der Waals surface area (Å²) in [5, 5.41) is 4.09. The number of halogens is 1. The number of para-hydroxylation sites is 1. The third-order valence-electron chi connectivity index (χ3n) is 3.05. The van der Waals surface area contributed by atoms with Gasteiger partial charge in [0.1, 0.15) is 5.82 Å². The van der Waals surface area contributed by atoms with Gasteiger partial charge in [-0.05, 0) is 31.2 Å². The first-order valence-corrected chi connectivity index (χ1v) is 6.80. The van der Waals surface area contributed by atoms with Crippen molar-refractivity contribution in [3.05, 3.63) is 64.9 Å². The van der Waals surface area contributed by atoms with Crippen LogP contribution in [0.3, 0.4) is 0 Å². The minimum absolute atomic E-state index is 0.230. The molecule has 0 spiro atoms. The van der Waals surface area contributed by atoms with Crippen LogP contribution in [0.5, 0.6) is 0 Å². The monoisotopic (exact) mass is 297 g/mol. The number of fused-ring (bicyclic) bond motifs is 1. The Kier molecular flexibility index (Phi) is 3.54. The molecule has 0 bridgehead atoms. The summed E-state index contributed by atoms with van der Waals surface area (Å²) < 4.78 is 0. The lowest BCUT2D eigenvalue weighted by atomic mass is 10.1. The van der Waals surface area contributed by atoms with E-state index in [0.29, 0.717) is 16.4 Å². The van der Waals surface area contributed by atoms with Crippen molar-refractivity contribution in [1.29, 1.82) is 0 Å². The molecule has 2 heterocycles. The standard InChI is InChI=1S/C16H12ClN3O/c1-10-8-13(12-4-2-3-5-14(12)19-10)16(21)20-15-9-11(17)6-7-18-15/h2-9H,1H3,(H,18,20,21). The number of benzene rings is 1. The molecule has 1 N–H and O–H groups in total. The minimum atomic E-state index is -0.230. The van der Waals surface area contributed by atoms with E-state index < -0.39 is 0 Å². The number of aryl methyl sites for hydroxylation is 1. The smallest absolute Gasteiger partial charge is 0.257 e. The van der Waals surface area contributed by atoms with Gasteiger partial charge in [0.15, 0.2) is 0 Å². The molecule has 3 aromatic rings. The van der Waals surface area contributed by atoms with Crippen LogP contribution >= 0.6 is 11.6 Å². The number of nitrogens with zero attached hydrogens (tertiary/aromatic N) is 2. The molecule has 104 valence electrons. The van der Waals surface area contributed by atoms with Gasteiger partial charge in [-0.25, -0.2) is 4.98 Å². The maximum atomic E-state index is 12.5. The molecule has 4 nitrogen and oxygen atoms in total. The lowest BCUT2D eigenvalue weighted by Crippen LogP contribution is -2.14. The van der Waals surface area contributed by atoms with Crippen molar-refractivity contribution in [1.82, 2.24) is 9.97 Å². The van der Waals surface area contributed by atoms with E-state index in [-0.39, 0.29) is 5.91 Å². The molecular weight excluding hydrogens is 286 g/mol. The third-order valence-corrected chi connectivity index (χ3v) is 3.29. The fraction of sp³-hybridized carbons (Fsp3) is 0.0625. The molecular formula is C16H12ClN3O. The summed E-state index contributed by atoms with van der Waals surface area (Å²) >= 11 is 5.89. The first kappa shape index (κ1) is 13.5. The summed E-state index contributed by atoms with van der Waals surface area (Å²) in [5.74, 6) is 0.192. The maximum Gasteiger partial charge on any atom is 0.257 e. The molecule has 0 aliphatic heterocycles. The highest BCUT2D eigenvalue weighted by Crippen LogP contribution is 2.20. The fourth-order valence-corrected chi connectivity index (χ4v) is 2.31. The average Bonchev–Trinajstić information content (AvgIpc) is 2.46. The molecule has 3 rings (SSSR count). The van der Waals surface area contributed by atoms with Crippen LogP contribution in [0, 0.1) is 6.92 Å². The van der Waals surface area contributed by atoms with Crippen molar-refractivity contribution in [3.8, 4) is 0 Å². The molecule has 0 atom stereocenters. The molecule has 2 aromatic heterocycles. The van der Waals surface area contributed by atoms with Crippen molar-refractivity contribution in [2.45, 2.75) is 6.92 Å². The van der Waals surface area contributed by atoms with Gasteiger partial charge in [-0.1, -0.05) is 29.8 Å². The molecule has 0 fully saturated rings. The van der Waals surface area contributed by atoms with E-state index in [1.165, 1.54) is 0 Å². The second-order valence-corrected chi connectivity index (χ2v) is 5.08. The van der Waals surface area contributed by atoms with Crippen molar-refractivity contribution >= 4 is 34.2 Å². The Labute approximate surface area is 126 Å². The lowest BCUT2D eigenvalue weighted by Gasteiger charge is -2.08. The normalized spacial score (nSPS) is 10.6. The number of nitrogens with one attached hydrogen (secondary N) is 1. The zero-order valence-electron chi connectivity index (χ0n) is 11.3. The van der Waals surface area contributed by atoms with E-state index in [1.807, 2.05) is 31.2 Å². The zero-order chi connectivity index (χ0) is 14.8. The summed E-state index contributed by atoms with van der Waals surface area (Å²) in [4.78, 5) is 21.0. The number of amides is 1. The quantitative estimate of drug-likeness (QED) is 0.782. The summed E-state index contributed by atoms with van der Waals surface area (Å²) in [5.41, 5.74) is 2.15. The van der Waals surface area contributed by atoms with Crippen LogP contribution in [-0.4, -0.2) is 15.9 Å². The van der Waals surface area contributed by atoms with E-state index in [2.05, 4.69) is 15.3 Å². The van der Waals surface area contributed by atoms with Crippen LogP contribution in [0.2, 0.25) is 5.02 Å². The Morgan fingerprint density at radius 1 is 1.19 bits per heavy atom. The fourth-order valence-electron chi connectivity index (χ4n) is 2.15. The number of carbonyl (C=O) groups excluding carboxylic acids is 1. The highest BCUT2D eigenvalue weighted by molar-refractivity contribution is 6.30. The van der Waals surface area contributed by atoms with Crippen molar-refractivity contribution in [2.75, 3.05) is 5.32 Å². The van der Waals surface area contributed by atoms with E-state index in [4.69, 9.17) is 11.6 Å². The third kappa shape index (κ3) is 2.85. The predicted octanol–water partition coefficient (Wildman–Crippen LogP) is 3.84. The highest BCUT2D eigenvalue weighted by atomic mass is 35.5. The Morgan fingerprint density at radius 3 is 2.81 bits per heavy atom. The van der Waals surface area contributed by atoms with Crippen LogP contribution < -0.4 is 5.32 Å². The van der Waals surface area contributed by atoms with E-state index in [1.54, 1.807) is 24.4 Å². The Bertz CT molecular complexity index is 833. The topological polar surface area (TPSA) is 54.9 Å². The van der Waals surface area contributed by atoms with Gasteiger partial charge in [-0.3, -0.25) is 9.78 Å². The summed E-state index contributed by atoms with van der Waals surface area (Å²) in [6.45, 7) is 1.86. The molecule has 0 aliphatic rings. The van der Waals surface area contributed by atoms with Crippen LogP contribution in [0.1, 0.15) is 16.1 Å². The van der Waals surface area contributed by atoms with Crippen LogP contribution in [-0.2, 0) is 0 Å². The second kappa shape index (κ2) is 5.50. The van der Waals surface area contributed by atoms with Crippen molar-refractivity contribution < 1.29 is 4.79 Å². The average molecular weight is 298 g/mol. The van der Waals surface area contributed by atoms with Gasteiger partial charge in [-0.2, -0.15) is 0 Å². The number of pyridine rings is 2. The Hall–Kier alpha value is -2.46. The van der Waals surface area contributed by atoms with Gasteiger partial charge >= 0.3 is 0 Å².